The maximum absolute atomic E-state index is 13.9. The predicted molar refractivity (Wildman–Crippen MR) is 141 cm³/mol. The lowest BCUT2D eigenvalue weighted by molar-refractivity contribution is -0.139. The van der Waals surface area contributed by atoms with Crippen molar-refractivity contribution in [3.05, 3.63) is 24.3 Å². The molecule has 5 atom stereocenters. The van der Waals surface area contributed by atoms with Crippen LogP contribution in [0.15, 0.2) is 24.3 Å². The first kappa shape index (κ1) is 26.8. The second-order valence-electron chi connectivity index (χ2n) is 9.96. The van der Waals surface area contributed by atoms with Gasteiger partial charge in [-0.15, -0.1) is 11.8 Å². The van der Waals surface area contributed by atoms with Gasteiger partial charge in [0.15, 0.2) is 0 Å². The van der Waals surface area contributed by atoms with Gasteiger partial charge >= 0.3 is 0 Å². The first-order valence-corrected chi connectivity index (χ1v) is 14.2. The van der Waals surface area contributed by atoms with Gasteiger partial charge < -0.3 is 25.4 Å². The number of nitrogens with one attached hydrogen (secondary N) is 2. The molecule has 0 aromatic heterocycles. The zero-order chi connectivity index (χ0) is 25.7. The molecule has 4 rings (SSSR count). The summed E-state index contributed by atoms with van der Waals surface area (Å²) in [4.78, 5) is 42.6. The van der Waals surface area contributed by atoms with E-state index < -0.39 is 22.6 Å². The number of likely N-dealkylation sites (tertiary alicyclic amines) is 1. The summed E-state index contributed by atoms with van der Waals surface area (Å²) in [6.45, 7) is 5.75. The van der Waals surface area contributed by atoms with Crippen molar-refractivity contribution in [3.8, 4) is 5.75 Å². The first-order chi connectivity index (χ1) is 17.5. The Labute approximate surface area is 217 Å². The van der Waals surface area contributed by atoms with Crippen LogP contribution in [0, 0.1) is 11.8 Å². The number of fused-ring (bicyclic) bond motifs is 1. The molecule has 0 aliphatic carbocycles. The molecule has 3 heterocycles. The van der Waals surface area contributed by atoms with E-state index in [1.807, 2.05) is 31.2 Å². The van der Waals surface area contributed by atoms with Crippen molar-refractivity contribution in [3.63, 3.8) is 0 Å². The monoisotopic (exact) mass is 517 g/mol. The fourth-order valence-electron chi connectivity index (χ4n) is 6.08. The topological polar surface area (TPSA) is 108 Å². The van der Waals surface area contributed by atoms with Crippen molar-refractivity contribution in [2.24, 2.45) is 11.8 Å². The van der Waals surface area contributed by atoms with Gasteiger partial charge in [0.2, 0.25) is 17.7 Å². The Morgan fingerprint density at radius 1 is 1.14 bits per heavy atom. The van der Waals surface area contributed by atoms with Crippen LogP contribution in [-0.4, -0.2) is 70.1 Å². The third-order valence-corrected chi connectivity index (χ3v) is 9.62. The molecule has 3 fully saturated rings. The average molecular weight is 518 g/mol. The number of hydrogen-bond donors (Lipinski definition) is 3. The number of ether oxygens (including phenoxy) is 1. The van der Waals surface area contributed by atoms with Gasteiger partial charge in [-0.25, -0.2) is 0 Å². The molecule has 2 unspecified atom stereocenters. The van der Waals surface area contributed by atoms with Crippen molar-refractivity contribution < 1.29 is 24.2 Å². The van der Waals surface area contributed by atoms with Crippen LogP contribution in [0.1, 0.15) is 58.8 Å². The fourth-order valence-corrected chi connectivity index (χ4v) is 8.30. The van der Waals surface area contributed by atoms with Gasteiger partial charge in [0, 0.05) is 30.6 Å². The van der Waals surface area contributed by atoms with E-state index in [1.165, 1.54) is 0 Å². The molecule has 9 heteroatoms. The summed E-state index contributed by atoms with van der Waals surface area (Å²) in [5.74, 6) is -0.535. The number of unbranched alkanes of at least 4 members (excludes halogenated alkanes) is 3. The zero-order valence-electron chi connectivity index (χ0n) is 21.3. The second-order valence-corrected chi connectivity index (χ2v) is 11.6. The van der Waals surface area contributed by atoms with Crippen LogP contribution in [0.25, 0.3) is 0 Å². The number of rotatable bonds is 13. The summed E-state index contributed by atoms with van der Waals surface area (Å²) in [5.41, 5.74) is 0.672. The highest BCUT2D eigenvalue weighted by Crippen LogP contribution is 2.66. The lowest BCUT2D eigenvalue weighted by Crippen LogP contribution is -2.53. The summed E-state index contributed by atoms with van der Waals surface area (Å²) < 4.78 is 4.93. The van der Waals surface area contributed by atoms with Crippen molar-refractivity contribution in [1.29, 1.82) is 0 Å². The van der Waals surface area contributed by atoms with Crippen molar-refractivity contribution in [2.45, 2.75) is 74.8 Å². The number of amides is 3. The van der Waals surface area contributed by atoms with Crippen LogP contribution < -0.4 is 15.4 Å². The molecule has 1 spiro atoms. The number of hydrogen-bond acceptors (Lipinski definition) is 6. The molecular formula is C27H39N3O5S. The minimum atomic E-state index is -0.560. The Bertz CT molecular complexity index is 942. The van der Waals surface area contributed by atoms with Gasteiger partial charge in [-0.1, -0.05) is 13.3 Å². The van der Waals surface area contributed by atoms with E-state index in [4.69, 9.17) is 9.84 Å². The van der Waals surface area contributed by atoms with E-state index in [-0.39, 0.29) is 29.6 Å². The molecule has 0 saturated carbocycles. The standard InChI is InChI=1S/C27H39N3O5S/c1-3-5-15-28-25(33)23-27-14-13-20(36-27)21(22(27)26(34)30(23)16-7-6-8-17-31)24(32)29-18-9-11-19(12-10-18)35-4-2/h9-12,20-23,31H,3-8,13-17H2,1-2H3,(H,28,33)(H,29,32)/t20-,21+,22+,23?,27?/m1/s1. The number of thioether (sulfide) groups is 1. The van der Waals surface area contributed by atoms with E-state index in [0.717, 1.165) is 44.3 Å². The van der Waals surface area contributed by atoms with Crippen LogP contribution in [0.3, 0.4) is 0 Å². The molecule has 198 valence electrons. The third-order valence-electron chi connectivity index (χ3n) is 7.67. The van der Waals surface area contributed by atoms with E-state index in [0.29, 0.717) is 31.8 Å². The summed E-state index contributed by atoms with van der Waals surface area (Å²) in [5, 5.41) is 15.3. The molecule has 3 aliphatic rings. The number of anilines is 1. The molecule has 36 heavy (non-hydrogen) atoms. The summed E-state index contributed by atoms with van der Waals surface area (Å²) in [6, 6.07) is 6.71. The molecular weight excluding hydrogens is 478 g/mol. The van der Waals surface area contributed by atoms with Crippen LogP contribution in [0.2, 0.25) is 0 Å². The molecule has 3 N–H and O–H groups in total. The Morgan fingerprint density at radius 3 is 2.61 bits per heavy atom. The predicted octanol–water partition coefficient (Wildman–Crippen LogP) is 3.19. The third kappa shape index (κ3) is 5.09. The minimum absolute atomic E-state index is 0.0316. The highest BCUT2D eigenvalue weighted by molar-refractivity contribution is 8.02. The maximum Gasteiger partial charge on any atom is 0.244 e. The number of benzene rings is 1. The Kier molecular flexibility index (Phi) is 8.83. The van der Waals surface area contributed by atoms with E-state index >= 15 is 0 Å². The van der Waals surface area contributed by atoms with Crippen molar-refractivity contribution >= 4 is 35.2 Å². The first-order valence-electron chi connectivity index (χ1n) is 13.4. The van der Waals surface area contributed by atoms with Gasteiger partial charge in [-0.3, -0.25) is 14.4 Å². The molecule has 3 saturated heterocycles. The summed E-state index contributed by atoms with van der Waals surface area (Å²) in [7, 11) is 0. The number of nitrogens with zero attached hydrogens (tertiary/aromatic N) is 1. The minimum Gasteiger partial charge on any atom is -0.494 e. The van der Waals surface area contributed by atoms with E-state index in [1.54, 1.807) is 16.7 Å². The maximum atomic E-state index is 13.9. The summed E-state index contributed by atoms with van der Waals surface area (Å²) >= 11 is 1.69. The van der Waals surface area contributed by atoms with Gasteiger partial charge in [-0.2, -0.15) is 0 Å². The van der Waals surface area contributed by atoms with Gasteiger partial charge in [0.05, 0.1) is 23.2 Å². The normalized spacial score (nSPS) is 28.3. The Hall–Kier alpha value is -2.26. The molecule has 1 aromatic rings. The highest BCUT2D eigenvalue weighted by atomic mass is 32.2. The van der Waals surface area contributed by atoms with Crippen LogP contribution in [0.4, 0.5) is 5.69 Å². The largest absolute Gasteiger partial charge is 0.494 e. The lowest BCUT2D eigenvalue weighted by atomic mass is 9.70. The van der Waals surface area contributed by atoms with Gasteiger partial charge in [0.25, 0.3) is 0 Å². The van der Waals surface area contributed by atoms with Crippen LogP contribution in [0.5, 0.6) is 5.75 Å². The quantitative estimate of drug-likeness (QED) is 0.347. The number of carbonyl (C=O) groups is 3. The SMILES string of the molecule is CCCCNC(=O)C1N(CCCCCO)C(=O)[C@@H]2[C@@H](C(=O)Nc3ccc(OCC)cc3)[C@H]3CCC12S3. The van der Waals surface area contributed by atoms with E-state index in [9.17, 15) is 14.4 Å². The van der Waals surface area contributed by atoms with E-state index in [2.05, 4.69) is 17.6 Å². The fraction of sp³-hybridized carbons (Fsp3) is 0.667. The number of aliphatic hydroxyl groups is 1. The van der Waals surface area contributed by atoms with Crippen molar-refractivity contribution in [2.75, 3.05) is 31.6 Å². The number of carbonyl (C=O) groups excluding carboxylic acids is 3. The molecule has 8 nitrogen and oxygen atoms in total. The number of aliphatic hydroxyl groups excluding tert-OH is 1. The highest BCUT2D eigenvalue weighted by Gasteiger charge is 2.73. The molecule has 3 aliphatic heterocycles. The van der Waals surface area contributed by atoms with Gasteiger partial charge in [-0.05, 0) is 69.7 Å². The smallest absolute Gasteiger partial charge is 0.244 e. The molecule has 3 amide bonds. The molecule has 2 bridgehead atoms. The zero-order valence-corrected chi connectivity index (χ0v) is 22.1. The Morgan fingerprint density at radius 2 is 1.92 bits per heavy atom. The van der Waals surface area contributed by atoms with Gasteiger partial charge in [0.1, 0.15) is 11.8 Å². The lowest BCUT2D eigenvalue weighted by Gasteiger charge is -2.34. The second kappa shape index (κ2) is 11.9. The molecule has 0 radical (unpaired) electrons. The Balaban J connectivity index is 1.55. The summed E-state index contributed by atoms with van der Waals surface area (Å²) in [6.07, 6.45) is 5.66. The van der Waals surface area contributed by atoms with Crippen LogP contribution >= 0.6 is 11.8 Å². The average Bonchev–Trinajstić information content (AvgIpc) is 3.51. The molecule has 1 aromatic carbocycles. The van der Waals surface area contributed by atoms with Crippen LogP contribution in [-0.2, 0) is 14.4 Å². The van der Waals surface area contributed by atoms with Crippen molar-refractivity contribution in [1.82, 2.24) is 10.2 Å².